The number of hydrogen-bond acceptors (Lipinski definition) is 1. The monoisotopic (exact) mass is 341 g/mol. The van der Waals surface area contributed by atoms with Crippen LogP contribution in [-0.4, -0.2) is 13.1 Å². The second kappa shape index (κ2) is 7.56. The molecule has 1 aromatic rings. The van der Waals surface area contributed by atoms with E-state index in [1.165, 1.54) is 32.1 Å². The molecule has 0 aliphatic heterocycles. The van der Waals surface area contributed by atoms with Gasteiger partial charge in [0, 0.05) is 11.0 Å². The standard InChI is InChI=1S/C17H25BrFN/c1-2-10-20-13-17(8-4-3-5-9-17)12-14-11-15(18)6-7-16(14)19/h6-7,11,20H,2-5,8-10,12-13H2,1H3. The van der Waals surface area contributed by atoms with E-state index in [1.54, 1.807) is 12.1 Å². The van der Waals surface area contributed by atoms with Gasteiger partial charge in [-0.3, -0.25) is 0 Å². The van der Waals surface area contributed by atoms with E-state index in [9.17, 15) is 4.39 Å². The Labute approximate surface area is 130 Å². The summed E-state index contributed by atoms with van der Waals surface area (Å²) in [5.74, 6) is -0.0614. The Morgan fingerprint density at radius 2 is 2.00 bits per heavy atom. The van der Waals surface area contributed by atoms with Gasteiger partial charge in [0.2, 0.25) is 0 Å². The quantitative estimate of drug-likeness (QED) is 0.711. The first-order valence-corrected chi connectivity index (χ1v) is 8.59. The molecule has 1 fully saturated rings. The van der Waals surface area contributed by atoms with Gasteiger partial charge in [0.1, 0.15) is 5.82 Å². The molecule has 1 nitrogen and oxygen atoms in total. The molecule has 1 N–H and O–H groups in total. The van der Waals surface area contributed by atoms with Crippen LogP contribution in [0.2, 0.25) is 0 Å². The summed E-state index contributed by atoms with van der Waals surface area (Å²) in [6.07, 6.45) is 8.34. The molecule has 1 saturated carbocycles. The molecule has 1 aliphatic rings. The van der Waals surface area contributed by atoms with E-state index < -0.39 is 0 Å². The zero-order valence-electron chi connectivity index (χ0n) is 12.4. The Bertz CT molecular complexity index is 427. The van der Waals surface area contributed by atoms with Crippen molar-refractivity contribution in [3.8, 4) is 0 Å². The summed E-state index contributed by atoms with van der Waals surface area (Å²) >= 11 is 3.46. The number of hydrogen-bond donors (Lipinski definition) is 1. The predicted molar refractivity (Wildman–Crippen MR) is 86.5 cm³/mol. The maximum Gasteiger partial charge on any atom is 0.126 e. The summed E-state index contributed by atoms with van der Waals surface area (Å²) in [5.41, 5.74) is 1.11. The van der Waals surface area contributed by atoms with E-state index in [1.807, 2.05) is 6.07 Å². The van der Waals surface area contributed by atoms with Crippen LogP contribution in [-0.2, 0) is 6.42 Å². The third kappa shape index (κ3) is 4.29. The number of halogens is 2. The van der Waals surface area contributed by atoms with Crippen LogP contribution in [0.15, 0.2) is 22.7 Å². The minimum Gasteiger partial charge on any atom is -0.316 e. The smallest absolute Gasteiger partial charge is 0.126 e. The Balaban J connectivity index is 2.12. The Morgan fingerprint density at radius 3 is 2.70 bits per heavy atom. The van der Waals surface area contributed by atoms with Gasteiger partial charge in [-0.1, -0.05) is 42.1 Å². The maximum atomic E-state index is 14.0. The second-order valence-electron chi connectivity index (χ2n) is 6.15. The van der Waals surface area contributed by atoms with Crippen LogP contribution in [0.4, 0.5) is 4.39 Å². The van der Waals surface area contributed by atoms with Crippen LogP contribution in [0.5, 0.6) is 0 Å². The second-order valence-corrected chi connectivity index (χ2v) is 7.07. The zero-order chi connectivity index (χ0) is 14.4. The van der Waals surface area contributed by atoms with Gasteiger partial charge in [0.05, 0.1) is 0 Å². The normalized spacial score (nSPS) is 18.1. The van der Waals surface area contributed by atoms with Gasteiger partial charge in [-0.2, -0.15) is 0 Å². The van der Waals surface area contributed by atoms with Gasteiger partial charge in [0.25, 0.3) is 0 Å². The SMILES string of the molecule is CCCNCC1(Cc2cc(Br)ccc2F)CCCCC1. The highest BCUT2D eigenvalue weighted by Crippen LogP contribution is 2.39. The molecule has 0 amide bonds. The van der Waals surface area contributed by atoms with Crippen molar-refractivity contribution in [1.82, 2.24) is 5.32 Å². The van der Waals surface area contributed by atoms with Crippen molar-refractivity contribution in [3.63, 3.8) is 0 Å². The molecule has 1 aliphatic carbocycles. The van der Waals surface area contributed by atoms with Gasteiger partial charge < -0.3 is 5.32 Å². The molecule has 2 rings (SSSR count). The van der Waals surface area contributed by atoms with E-state index in [0.717, 1.165) is 36.0 Å². The first kappa shape index (κ1) is 16.0. The molecule has 0 saturated heterocycles. The molecule has 1 aromatic carbocycles. The number of nitrogens with one attached hydrogen (secondary N) is 1. The Morgan fingerprint density at radius 1 is 1.25 bits per heavy atom. The van der Waals surface area contributed by atoms with Gasteiger partial charge >= 0.3 is 0 Å². The summed E-state index contributed by atoms with van der Waals surface area (Å²) in [4.78, 5) is 0. The highest BCUT2D eigenvalue weighted by Gasteiger charge is 2.32. The van der Waals surface area contributed by atoms with Crippen LogP contribution in [0.1, 0.15) is 51.0 Å². The van der Waals surface area contributed by atoms with Crippen LogP contribution >= 0.6 is 15.9 Å². The van der Waals surface area contributed by atoms with Gasteiger partial charge in [-0.25, -0.2) is 4.39 Å². The Hall–Kier alpha value is -0.410. The largest absolute Gasteiger partial charge is 0.316 e. The van der Waals surface area contributed by atoms with Crippen molar-refractivity contribution < 1.29 is 4.39 Å². The highest BCUT2D eigenvalue weighted by molar-refractivity contribution is 9.10. The lowest BCUT2D eigenvalue weighted by molar-refractivity contribution is 0.179. The van der Waals surface area contributed by atoms with E-state index in [-0.39, 0.29) is 11.2 Å². The maximum absolute atomic E-state index is 14.0. The average Bonchev–Trinajstić information content (AvgIpc) is 2.44. The molecule has 0 atom stereocenters. The topological polar surface area (TPSA) is 12.0 Å². The highest BCUT2D eigenvalue weighted by atomic mass is 79.9. The third-order valence-electron chi connectivity index (χ3n) is 4.41. The summed E-state index contributed by atoms with van der Waals surface area (Å²) in [5, 5.41) is 3.57. The lowest BCUT2D eigenvalue weighted by Crippen LogP contribution is -2.38. The minimum atomic E-state index is -0.0614. The van der Waals surface area contributed by atoms with Crippen molar-refractivity contribution in [1.29, 1.82) is 0 Å². The van der Waals surface area contributed by atoms with Crippen LogP contribution in [0.25, 0.3) is 0 Å². The Kier molecular flexibility index (Phi) is 6.03. The van der Waals surface area contributed by atoms with Gasteiger partial charge in [-0.15, -0.1) is 0 Å². The molecule has 0 radical (unpaired) electrons. The zero-order valence-corrected chi connectivity index (χ0v) is 13.9. The number of benzene rings is 1. The fourth-order valence-electron chi connectivity index (χ4n) is 3.33. The molecule has 0 spiro atoms. The summed E-state index contributed by atoms with van der Waals surface area (Å²) in [7, 11) is 0. The first-order chi connectivity index (χ1) is 9.65. The van der Waals surface area contributed by atoms with Crippen molar-refractivity contribution in [3.05, 3.63) is 34.1 Å². The van der Waals surface area contributed by atoms with E-state index in [0.29, 0.717) is 0 Å². The summed E-state index contributed by atoms with van der Waals surface area (Å²) < 4.78 is 15.0. The van der Waals surface area contributed by atoms with Gasteiger partial charge in [-0.05, 0) is 61.4 Å². The van der Waals surface area contributed by atoms with E-state index in [2.05, 4.69) is 28.2 Å². The fraction of sp³-hybridized carbons (Fsp3) is 0.647. The van der Waals surface area contributed by atoms with E-state index in [4.69, 9.17) is 0 Å². The lowest BCUT2D eigenvalue weighted by Gasteiger charge is -2.38. The average molecular weight is 342 g/mol. The number of rotatable bonds is 6. The summed E-state index contributed by atoms with van der Waals surface area (Å²) in [6.45, 7) is 4.27. The molecule has 0 heterocycles. The van der Waals surface area contributed by atoms with Crippen molar-refractivity contribution in [2.45, 2.75) is 51.9 Å². The van der Waals surface area contributed by atoms with E-state index >= 15 is 0 Å². The molecule has 0 bridgehead atoms. The lowest BCUT2D eigenvalue weighted by atomic mass is 9.70. The fourth-order valence-corrected chi connectivity index (χ4v) is 3.74. The van der Waals surface area contributed by atoms with Crippen LogP contribution < -0.4 is 5.32 Å². The predicted octanol–water partition coefficient (Wildman–Crippen LogP) is 5.08. The van der Waals surface area contributed by atoms with Crippen LogP contribution in [0, 0.1) is 11.2 Å². The minimum absolute atomic E-state index is 0.0614. The molecule has 112 valence electrons. The van der Waals surface area contributed by atoms with Crippen molar-refractivity contribution >= 4 is 15.9 Å². The van der Waals surface area contributed by atoms with Crippen molar-refractivity contribution in [2.75, 3.05) is 13.1 Å². The molecule has 0 unspecified atom stereocenters. The third-order valence-corrected chi connectivity index (χ3v) is 4.91. The molecule has 0 aromatic heterocycles. The molecule has 20 heavy (non-hydrogen) atoms. The molecular formula is C17H25BrFN. The first-order valence-electron chi connectivity index (χ1n) is 7.80. The molecular weight excluding hydrogens is 317 g/mol. The van der Waals surface area contributed by atoms with Gasteiger partial charge in [0.15, 0.2) is 0 Å². The summed E-state index contributed by atoms with van der Waals surface area (Å²) in [6, 6.07) is 5.31. The van der Waals surface area contributed by atoms with Crippen LogP contribution in [0.3, 0.4) is 0 Å². The molecule has 3 heteroatoms. The van der Waals surface area contributed by atoms with Crippen molar-refractivity contribution in [2.24, 2.45) is 5.41 Å².